The van der Waals surface area contributed by atoms with E-state index in [1.165, 1.54) is 28.7 Å². The van der Waals surface area contributed by atoms with Crippen molar-refractivity contribution in [3.8, 4) is 0 Å². The zero-order valence-electron chi connectivity index (χ0n) is 15.4. The minimum absolute atomic E-state index is 0.0000231. The predicted octanol–water partition coefficient (Wildman–Crippen LogP) is 3.51. The van der Waals surface area contributed by atoms with Gasteiger partial charge in [-0.3, -0.25) is 14.5 Å². The van der Waals surface area contributed by atoms with Gasteiger partial charge in [0.05, 0.1) is 5.75 Å². The summed E-state index contributed by atoms with van der Waals surface area (Å²) in [7, 11) is 0. The van der Waals surface area contributed by atoms with E-state index in [0.717, 1.165) is 35.7 Å². The maximum absolute atomic E-state index is 12.9. The van der Waals surface area contributed by atoms with Crippen LogP contribution in [0.3, 0.4) is 0 Å². The molecule has 4 rings (SSSR count). The van der Waals surface area contributed by atoms with Crippen LogP contribution < -0.4 is 9.80 Å². The van der Waals surface area contributed by atoms with Crippen molar-refractivity contribution in [2.75, 3.05) is 15.6 Å². The number of fused-ring (bicyclic) bond motifs is 1. The second-order valence-corrected chi connectivity index (χ2v) is 9.22. The minimum Gasteiger partial charge on any atom is -0.309 e. The summed E-state index contributed by atoms with van der Waals surface area (Å²) in [6, 6.07) is 8.59. The molecule has 0 bridgehead atoms. The maximum atomic E-state index is 12.9. The number of rotatable bonds is 5. The van der Waals surface area contributed by atoms with Crippen molar-refractivity contribution in [1.29, 1.82) is 0 Å². The average molecular weight is 403 g/mol. The lowest BCUT2D eigenvalue weighted by Gasteiger charge is -2.35. The van der Waals surface area contributed by atoms with Gasteiger partial charge >= 0.3 is 0 Å². The zero-order chi connectivity index (χ0) is 19.0. The standard InChI is InChI=1S/C19H22N4O2S2/c1-12-7-8-14-5-3-4-6-16(14)22(12)17(25)11-26-19-21-20-18(27-19)23(13(2)24)15-9-10-15/h3-6,12,15H,7-11H2,1-2H3/t12-/m0/s1. The molecule has 27 heavy (non-hydrogen) atoms. The summed E-state index contributed by atoms with van der Waals surface area (Å²) in [6.07, 6.45) is 4.03. The van der Waals surface area contributed by atoms with E-state index in [1.54, 1.807) is 11.8 Å². The second kappa shape index (κ2) is 7.59. The first-order chi connectivity index (χ1) is 13.0. The van der Waals surface area contributed by atoms with Gasteiger partial charge in [0.25, 0.3) is 0 Å². The molecule has 2 aliphatic rings. The third kappa shape index (κ3) is 3.87. The van der Waals surface area contributed by atoms with Crippen LogP contribution in [0.5, 0.6) is 0 Å². The summed E-state index contributed by atoms with van der Waals surface area (Å²) in [5.74, 6) is 0.402. The van der Waals surface area contributed by atoms with Crippen molar-refractivity contribution < 1.29 is 9.59 Å². The van der Waals surface area contributed by atoms with Crippen LogP contribution in [0, 0.1) is 0 Å². The third-order valence-corrected chi connectivity index (χ3v) is 7.00. The fourth-order valence-electron chi connectivity index (χ4n) is 3.50. The number of anilines is 2. The van der Waals surface area contributed by atoms with E-state index in [0.29, 0.717) is 10.9 Å². The lowest BCUT2D eigenvalue weighted by molar-refractivity contribution is -0.117. The number of benzene rings is 1. The number of aromatic nitrogens is 2. The molecule has 2 aromatic rings. The van der Waals surface area contributed by atoms with Gasteiger partial charge in [0.1, 0.15) is 0 Å². The van der Waals surface area contributed by atoms with Gasteiger partial charge < -0.3 is 4.90 Å². The molecule has 0 spiro atoms. The van der Waals surface area contributed by atoms with Crippen LogP contribution >= 0.6 is 23.1 Å². The molecule has 1 aliphatic heterocycles. The highest BCUT2D eigenvalue weighted by molar-refractivity contribution is 8.01. The highest BCUT2D eigenvalue weighted by Crippen LogP contribution is 2.36. The topological polar surface area (TPSA) is 66.4 Å². The molecule has 2 amide bonds. The van der Waals surface area contributed by atoms with Crippen LogP contribution in [0.15, 0.2) is 28.6 Å². The Bertz CT molecular complexity index is 865. The molecule has 0 saturated heterocycles. The first kappa shape index (κ1) is 18.4. The number of hydrogen-bond acceptors (Lipinski definition) is 6. The Morgan fingerprint density at radius 3 is 2.78 bits per heavy atom. The van der Waals surface area contributed by atoms with Crippen LogP contribution in [-0.2, 0) is 16.0 Å². The van der Waals surface area contributed by atoms with Crippen LogP contribution in [0.2, 0.25) is 0 Å². The predicted molar refractivity (Wildman–Crippen MR) is 109 cm³/mol. The number of carbonyl (C=O) groups is 2. The SMILES string of the molecule is CC(=O)N(c1nnc(SCC(=O)N2c3ccccc3CC[C@@H]2C)s1)C1CC1. The molecule has 0 radical (unpaired) electrons. The van der Waals surface area contributed by atoms with Crippen molar-refractivity contribution in [3.05, 3.63) is 29.8 Å². The number of aryl methyl sites for hydroxylation is 1. The quantitative estimate of drug-likeness (QED) is 0.566. The molecule has 1 saturated carbocycles. The molecule has 1 aliphatic carbocycles. The summed E-state index contributed by atoms with van der Waals surface area (Å²) >= 11 is 2.78. The molecule has 142 valence electrons. The molecule has 1 fully saturated rings. The number of hydrogen-bond donors (Lipinski definition) is 0. The van der Waals surface area contributed by atoms with Gasteiger partial charge in [-0.25, -0.2) is 0 Å². The molecule has 6 nitrogen and oxygen atoms in total. The molecule has 1 aromatic carbocycles. The smallest absolute Gasteiger partial charge is 0.237 e. The van der Waals surface area contributed by atoms with Crippen molar-refractivity contribution >= 4 is 45.7 Å². The molecule has 2 heterocycles. The second-order valence-electron chi connectivity index (χ2n) is 7.04. The van der Waals surface area contributed by atoms with Crippen LogP contribution in [0.25, 0.3) is 0 Å². The Morgan fingerprint density at radius 1 is 1.26 bits per heavy atom. The lowest BCUT2D eigenvalue weighted by Crippen LogP contribution is -2.43. The zero-order valence-corrected chi connectivity index (χ0v) is 17.1. The highest BCUT2D eigenvalue weighted by Gasteiger charge is 2.34. The van der Waals surface area contributed by atoms with Crippen molar-refractivity contribution in [1.82, 2.24) is 10.2 Å². The van der Waals surface area contributed by atoms with E-state index >= 15 is 0 Å². The summed E-state index contributed by atoms with van der Waals surface area (Å²) in [5.41, 5.74) is 2.25. The van der Waals surface area contributed by atoms with Gasteiger partial charge in [-0.05, 0) is 44.2 Å². The van der Waals surface area contributed by atoms with Gasteiger partial charge in [0, 0.05) is 24.7 Å². The third-order valence-electron chi connectivity index (χ3n) is 4.96. The van der Waals surface area contributed by atoms with E-state index in [4.69, 9.17) is 0 Å². The van der Waals surface area contributed by atoms with Gasteiger partial charge in [0.2, 0.25) is 16.9 Å². The highest BCUT2D eigenvalue weighted by atomic mass is 32.2. The molecular weight excluding hydrogens is 380 g/mol. The fourth-order valence-corrected chi connectivity index (χ4v) is 5.32. The van der Waals surface area contributed by atoms with E-state index in [2.05, 4.69) is 23.2 Å². The largest absolute Gasteiger partial charge is 0.309 e. The van der Waals surface area contributed by atoms with E-state index in [1.807, 2.05) is 23.1 Å². The average Bonchev–Trinajstić information content (AvgIpc) is 3.37. The lowest BCUT2D eigenvalue weighted by atomic mass is 9.97. The van der Waals surface area contributed by atoms with E-state index in [-0.39, 0.29) is 23.9 Å². The molecule has 0 unspecified atom stereocenters. The Morgan fingerprint density at radius 2 is 2.04 bits per heavy atom. The Kier molecular flexibility index (Phi) is 5.19. The number of carbonyl (C=O) groups excluding carboxylic acids is 2. The molecule has 1 aromatic heterocycles. The van der Waals surface area contributed by atoms with Gasteiger partial charge in [0.15, 0.2) is 4.34 Å². The molecule has 8 heteroatoms. The number of nitrogens with zero attached hydrogens (tertiary/aromatic N) is 4. The first-order valence-corrected chi connectivity index (χ1v) is 11.0. The van der Waals surface area contributed by atoms with Crippen LogP contribution in [-0.4, -0.2) is 39.8 Å². The minimum atomic E-state index is 0.0000231. The summed E-state index contributed by atoms with van der Waals surface area (Å²) in [6.45, 7) is 3.66. The monoisotopic (exact) mass is 402 g/mol. The van der Waals surface area contributed by atoms with E-state index in [9.17, 15) is 9.59 Å². The Labute approximate surface area is 167 Å². The van der Waals surface area contributed by atoms with Crippen molar-refractivity contribution in [3.63, 3.8) is 0 Å². The Balaban J connectivity index is 1.43. The van der Waals surface area contributed by atoms with Crippen molar-refractivity contribution in [2.24, 2.45) is 0 Å². The van der Waals surface area contributed by atoms with Gasteiger partial charge in [-0.2, -0.15) is 0 Å². The Hall–Kier alpha value is -1.93. The summed E-state index contributed by atoms with van der Waals surface area (Å²) < 4.78 is 0.725. The summed E-state index contributed by atoms with van der Waals surface area (Å²) in [4.78, 5) is 28.4. The van der Waals surface area contributed by atoms with E-state index < -0.39 is 0 Å². The molecular formula is C19H22N4O2S2. The van der Waals surface area contributed by atoms with Gasteiger partial charge in [-0.15, -0.1) is 10.2 Å². The normalized spacial score (nSPS) is 18.9. The summed E-state index contributed by atoms with van der Waals surface area (Å²) in [5, 5.41) is 8.98. The van der Waals surface area contributed by atoms with Crippen LogP contribution in [0.1, 0.15) is 38.7 Å². The molecule has 1 atom stereocenters. The fraction of sp³-hybridized carbons (Fsp3) is 0.474. The number of para-hydroxylation sites is 1. The maximum Gasteiger partial charge on any atom is 0.237 e. The molecule has 0 N–H and O–H groups in total. The number of amides is 2. The van der Waals surface area contributed by atoms with Crippen LogP contribution in [0.4, 0.5) is 10.8 Å². The van der Waals surface area contributed by atoms with Gasteiger partial charge in [-0.1, -0.05) is 41.3 Å². The number of thioether (sulfide) groups is 1. The first-order valence-electron chi connectivity index (χ1n) is 9.20. The van der Waals surface area contributed by atoms with Crippen molar-refractivity contribution in [2.45, 2.75) is 56.0 Å².